The van der Waals surface area contributed by atoms with Crippen molar-refractivity contribution in [3.63, 3.8) is 0 Å². The minimum Gasteiger partial charge on any atom is -0.368 e. The number of nitrogens with one attached hydrogen (secondary N) is 1. The Morgan fingerprint density at radius 1 is 1.13 bits per heavy atom. The Labute approximate surface area is 136 Å². The van der Waals surface area contributed by atoms with E-state index in [1.165, 1.54) is 16.8 Å². The fraction of sp³-hybridized carbons (Fsp3) is 0.412. The van der Waals surface area contributed by atoms with Gasteiger partial charge in [-0.05, 0) is 32.4 Å². The molecule has 1 N–H and O–H groups in total. The van der Waals surface area contributed by atoms with Gasteiger partial charge in [0, 0.05) is 37.9 Å². The molecule has 1 saturated heterocycles. The molecular formula is C17H22N4O2. The highest BCUT2D eigenvalue weighted by atomic mass is 16.5. The van der Waals surface area contributed by atoms with Crippen molar-refractivity contribution in [2.75, 3.05) is 36.4 Å². The summed E-state index contributed by atoms with van der Waals surface area (Å²) in [5.74, 6) is 1.14. The van der Waals surface area contributed by atoms with Gasteiger partial charge in [-0.1, -0.05) is 22.9 Å². The summed E-state index contributed by atoms with van der Waals surface area (Å²) in [6.45, 7) is 9.07. The van der Waals surface area contributed by atoms with Crippen LogP contribution in [0.25, 0.3) is 0 Å². The molecule has 1 aliphatic rings. The van der Waals surface area contributed by atoms with Crippen molar-refractivity contribution in [2.45, 2.75) is 20.8 Å². The maximum Gasteiger partial charge on any atom is 0.323 e. The largest absolute Gasteiger partial charge is 0.368 e. The smallest absolute Gasteiger partial charge is 0.323 e. The first-order valence-corrected chi connectivity index (χ1v) is 7.84. The summed E-state index contributed by atoms with van der Waals surface area (Å²) >= 11 is 0. The molecule has 1 fully saturated rings. The third-order valence-electron chi connectivity index (χ3n) is 4.12. The maximum absolute atomic E-state index is 12.2. The number of nitrogens with zero attached hydrogens (tertiary/aromatic N) is 3. The van der Waals surface area contributed by atoms with Gasteiger partial charge in [-0.3, -0.25) is 5.32 Å². The third-order valence-corrected chi connectivity index (χ3v) is 4.12. The minimum absolute atomic E-state index is 0.126. The topological polar surface area (TPSA) is 61.6 Å². The van der Waals surface area contributed by atoms with Crippen molar-refractivity contribution >= 4 is 17.5 Å². The summed E-state index contributed by atoms with van der Waals surface area (Å²) in [5.41, 5.74) is 3.80. The van der Waals surface area contributed by atoms with Gasteiger partial charge >= 0.3 is 6.03 Å². The highest BCUT2D eigenvalue weighted by molar-refractivity contribution is 5.88. The Bertz CT molecular complexity index is 702. The van der Waals surface area contributed by atoms with Crippen LogP contribution in [0, 0.1) is 20.8 Å². The number of benzene rings is 1. The molecule has 3 rings (SSSR count). The minimum atomic E-state index is -0.126. The number of hydrogen-bond acceptors (Lipinski definition) is 4. The van der Waals surface area contributed by atoms with Crippen LogP contribution in [-0.2, 0) is 0 Å². The average molecular weight is 314 g/mol. The Kier molecular flexibility index (Phi) is 4.23. The van der Waals surface area contributed by atoms with Crippen LogP contribution in [0.4, 0.5) is 16.3 Å². The van der Waals surface area contributed by atoms with Crippen LogP contribution in [0.2, 0.25) is 0 Å². The number of rotatable bonds is 2. The summed E-state index contributed by atoms with van der Waals surface area (Å²) in [6.07, 6.45) is 0. The lowest BCUT2D eigenvalue weighted by Crippen LogP contribution is -2.50. The molecule has 23 heavy (non-hydrogen) atoms. The zero-order chi connectivity index (χ0) is 16.4. The molecule has 0 saturated carbocycles. The van der Waals surface area contributed by atoms with Gasteiger partial charge in [-0.2, -0.15) is 0 Å². The lowest BCUT2D eigenvalue weighted by Gasteiger charge is -2.36. The van der Waals surface area contributed by atoms with Gasteiger partial charge in [0.2, 0.25) is 0 Å². The van der Waals surface area contributed by atoms with Crippen molar-refractivity contribution < 1.29 is 9.32 Å². The first kappa shape index (κ1) is 15.4. The van der Waals surface area contributed by atoms with Crippen LogP contribution in [0.5, 0.6) is 0 Å². The number of urea groups is 1. The van der Waals surface area contributed by atoms with Crippen LogP contribution < -0.4 is 10.2 Å². The second-order valence-electron chi connectivity index (χ2n) is 6.02. The van der Waals surface area contributed by atoms with Gasteiger partial charge < -0.3 is 14.3 Å². The van der Waals surface area contributed by atoms with E-state index in [1.54, 1.807) is 13.0 Å². The Morgan fingerprint density at radius 2 is 1.87 bits per heavy atom. The zero-order valence-corrected chi connectivity index (χ0v) is 13.8. The molecule has 2 amide bonds. The van der Waals surface area contributed by atoms with Crippen LogP contribution in [0.1, 0.15) is 16.9 Å². The summed E-state index contributed by atoms with van der Waals surface area (Å²) in [6, 6.07) is 8.08. The number of piperazine rings is 1. The van der Waals surface area contributed by atoms with Crippen LogP contribution in [0.3, 0.4) is 0 Å². The summed E-state index contributed by atoms with van der Waals surface area (Å²) in [4.78, 5) is 16.4. The second kappa shape index (κ2) is 6.32. The fourth-order valence-electron chi connectivity index (χ4n) is 2.92. The number of amides is 2. The molecule has 0 unspecified atom stereocenters. The molecule has 0 atom stereocenters. The van der Waals surface area contributed by atoms with Crippen LogP contribution in [-0.4, -0.2) is 42.3 Å². The van der Waals surface area contributed by atoms with E-state index in [-0.39, 0.29) is 6.03 Å². The molecular weight excluding hydrogens is 292 g/mol. The zero-order valence-electron chi connectivity index (χ0n) is 13.8. The highest BCUT2D eigenvalue weighted by Gasteiger charge is 2.22. The van der Waals surface area contributed by atoms with Crippen molar-refractivity contribution in [2.24, 2.45) is 0 Å². The van der Waals surface area contributed by atoms with Crippen molar-refractivity contribution in [1.29, 1.82) is 0 Å². The lowest BCUT2D eigenvalue weighted by atomic mass is 10.1. The molecule has 0 aliphatic carbocycles. The molecule has 1 aromatic heterocycles. The van der Waals surface area contributed by atoms with E-state index in [2.05, 4.69) is 47.4 Å². The Hall–Kier alpha value is -2.50. The normalized spacial score (nSPS) is 14.9. The monoisotopic (exact) mass is 314 g/mol. The first-order valence-electron chi connectivity index (χ1n) is 7.84. The fourth-order valence-corrected chi connectivity index (χ4v) is 2.92. The van der Waals surface area contributed by atoms with E-state index in [0.29, 0.717) is 24.7 Å². The first-order chi connectivity index (χ1) is 11.0. The van der Waals surface area contributed by atoms with Gasteiger partial charge in [0.15, 0.2) is 5.82 Å². The SMILES string of the molecule is Cc1ccc(N2CCN(C(=O)Nc3cc(C)on3)CC2)c(C)c1. The summed E-state index contributed by atoms with van der Waals surface area (Å²) in [7, 11) is 0. The van der Waals surface area contributed by atoms with Gasteiger partial charge in [-0.25, -0.2) is 4.79 Å². The second-order valence-corrected chi connectivity index (χ2v) is 6.02. The number of aryl methyl sites for hydroxylation is 3. The summed E-state index contributed by atoms with van der Waals surface area (Å²) < 4.78 is 4.96. The van der Waals surface area contributed by atoms with Gasteiger partial charge in [-0.15, -0.1) is 0 Å². The Morgan fingerprint density at radius 3 is 2.48 bits per heavy atom. The molecule has 6 nitrogen and oxygen atoms in total. The molecule has 122 valence electrons. The predicted octanol–water partition coefficient (Wildman–Crippen LogP) is 2.95. The standard InChI is InChI=1S/C17H22N4O2/c1-12-4-5-15(13(2)10-12)20-6-8-21(9-7-20)17(22)18-16-11-14(3)23-19-16/h4-5,10-11H,6-9H2,1-3H3,(H,18,19,22). The molecule has 1 aliphatic heterocycles. The van der Waals surface area contributed by atoms with Crippen molar-refractivity contribution in [3.8, 4) is 0 Å². The van der Waals surface area contributed by atoms with E-state index in [4.69, 9.17) is 4.52 Å². The molecule has 1 aromatic carbocycles. The van der Waals surface area contributed by atoms with Crippen LogP contribution in [0.15, 0.2) is 28.8 Å². The van der Waals surface area contributed by atoms with Crippen molar-refractivity contribution in [3.05, 3.63) is 41.2 Å². The predicted molar refractivity (Wildman–Crippen MR) is 90.0 cm³/mol. The number of aromatic nitrogens is 1. The van der Waals surface area contributed by atoms with E-state index in [1.807, 2.05) is 4.90 Å². The molecule has 2 aromatic rings. The van der Waals surface area contributed by atoms with E-state index < -0.39 is 0 Å². The number of carbonyl (C=O) groups is 1. The lowest BCUT2D eigenvalue weighted by molar-refractivity contribution is 0.208. The quantitative estimate of drug-likeness (QED) is 0.926. The van der Waals surface area contributed by atoms with Gasteiger partial charge in [0.05, 0.1) is 0 Å². The van der Waals surface area contributed by atoms with E-state index >= 15 is 0 Å². The number of carbonyl (C=O) groups excluding carboxylic acids is 1. The number of hydrogen-bond donors (Lipinski definition) is 1. The van der Waals surface area contributed by atoms with Crippen LogP contribution >= 0.6 is 0 Å². The number of anilines is 2. The van der Waals surface area contributed by atoms with Gasteiger partial charge in [0.25, 0.3) is 0 Å². The van der Waals surface area contributed by atoms with E-state index in [9.17, 15) is 4.79 Å². The van der Waals surface area contributed by atoms with Gasteiger partial charge in [0.1, 0.15) is 5.76 Å². The molecule has 0 spiro atoms. The Balaban J connectivity index is 1.58. The van der Waals surface area contributed by atoms with Crippen molar-refractivity contribution in [1.82, 2.24) is 10.1 Å². The molecule has 2 heterocycles. The summed E-state index contributed by atoms with van der Waals surface area (Å²) in [5, 5.41) is 6.56. The molecule has 0 bridgehead atoms. The molecule has 6 heteroatoms. The highest BCUT2D eigenvalue weighted by Crippen LogP contribution is 2.22. The average Bonchev–Trinajstić information content (AvgIpc) is 2.92. The third kappa shape index (κ3) is 3.47. The maximum atomic E-state index is 12.2. The molecule has 0 radical (unpaired) electrons. The van der Waals surface area contributed by atoms with E-state index in [0.717, 1.165) is 13.1 Å².